The maximum Gasteiger partial charge on any atom is 0.237 e. The number of nitrogens with one attached hydrogen (secondary N) is 1. The van der Waals surface area contributed by atoms with Crippen molar-refractivity contribution in [3.63, 3.8) is 0 Å². The Hall–Kier alpha value is -2.45. The number of aromatic hydroxyl groups is 1. The maximum absolute atomic E-state index is 12.4. The van der Waals surface area contributed by atoms with Crippen molar-refractivity contribution in [3.8, 4) is 5.75 Å². The zero-order valence-corrected chi connectivity index (χ0v) is 15.1. The topological polar surface area (TPSA) is 92.2 Å². The van der Waals surface area contributed by atoms with Crippen LogP contribution in [0.1, 0.15) is 22.2 Å². The Morgan fingerprint density at radius 1 is 1.36 bits per heavy atom. The molecule has 0 spiro atoms. The van der Waals surface area contributed by atoms with Gasteiger partial charge in [0.25, 0.3) is 0 Å². The number of aryl methyl sites for hydroxylation is 1. The van der Waals surface area contributed by atoms with Gasteiger partial charge < -0.3 is 10.4 Å². The molecule has 3 rings (SSSR count). The molecule has 3 aromatic rings. The van der Waals surface area contributed by atoms with Gasteiger partial charge in [-0.25, -0.2) is 9.97 Å². The molecule has 1 aromatic carbocycles. The summed E-state index contributed by atoms with van der Waals surface area (Å²) in [5.74, 6) is -0.379. The zero-order valence-electron chi connectivity index (χ0n) is 13.5. The highest BCUT2D eigenvalue weighted by Gasteiger charge is 2.19. The molecule has 0 aliphatic rings. The fraction of sp³-hybridized carbons (Fsp3) is 0.176. The van der Waals surface area contributed by atoms with Crippen LogP contribution in [0.15, 0.2) is 35.6 Å². The number of nitrogens with zero attached hydrogens (tertiary/aromatic N) is 2. The SMILES string of the molecule is Cc1cc2c(SC(C)C(=O)Nc3cc(C=O)ccc3O)ncnc2s1. The second-order valence-corrected chi connectivity index (χ2v) is 7.96. The Labute approximate surface area is 152 Å². The van der Waals surface area contributed by atoms with Crippen LogP contribution in [0.2, 0.25) is 0 Å². The van der Waals surface area contributed by atoms with Crippen molar-refractivity contribution in [2.75, 3.05) is 5.32 Å². The number of phenols is 1. The number of phenolic OH excluding ortho intramolecular Hbond substituents is 1. The van der Waals surface area contributed by atoms with E-state index in [9.17, 15) is 14.7 Å². The van der Waals surface area contributed by atoms with Crippen LogP contribution in [0.5, 0.6) is 5.75 Å². The molecule has 2 N–H and O–H groups in total. The van der Waals surface area contributed by atoms with Crippen LogP contribution in [-0.4, -0.2) is 32.5 Å². The number of anilines is 1. The summed E-state index contributed by atoms with van der Waals surface area (Å²) < 4.78 is 0. The lowest BCUT2D eigenvalue weighted by molar-refractivity contribution is -0.115. The van der Waals surface area contributed by atoms with E-state index in [1.807, 2.05) is 13.0 Å². The largest absolute Gasteiger partial charge is 0.506 e. The highest BCUT2D eigenvalue weighted by molar-refractivity contribution is 8.00. The van der Waals surface area contributed by atoms with Gasteiger partial charge in [-0.1, -0.05) is 11.8 Å². The molecule has 0 saturated heterocycles. The summed E-state index contributed by atoms with van der Waals surface area (Å²) in [6, 6.07) is 6.29. The molecule has 1 unspecified atom stereocenters. The standard InChI is InChI=1S/C17H15N3O3S2/c1-9-5-12-16(24-9)18-8-19-17(12)25-10(2)15(23)20-13-6-11(7-21)3-4-14(13)22/h3-8,10,22H,1-2H3,(H,20,23). The fourth-order valence-electron chi connectivity index (χ4n) is 2.23. The van der Waals surface area contributed by atoms with Gasteiger partial charge in [0, 0.05) is 15.8 Å². The van der Waals surface area contributed by atoms with Gasteiger partial charge in [0.2, 0.25) is 5.91 Å². The molecular formula is C17H15N3O3S2. The van der Waals surface area contributed by atoms with Crippen molar-refractivity contribution < 1.29 is 14.7 Å². The Morgan fingerprint density at radius 3 is 2.92 bits per heavy atom. The molecule has 6 nitrogen and oxygen atoms in total. The Kier molecular flexibility index (Phi) is 5.00. The van der Waals surface area contributed by atoms with Gasteiger partial charge in [-0.05, 0) is 38.1 Å². The average Bonchev–Trinajstić information content (AvgIpc) is 2.98. The van der Waals surface area contributed by atoms with E-state index >= 15 is 0 Å². The first-order valence-electron chi connectivity index (χ1n) is 7.45. The van der Waals surface area contributed by atoms with E-state index in [1.165, 1.54) is 36.3 Å². The van der Waals surface area contributed by atoms with Crippen molar-refractivity contribution in [3.05, 3.63) is 41.0 Å². The van der Waals surface area contributed by atoms with E-state index in [0.717, 1.165) is 20.1 Å². The minimum absolute atomic E-state index is 0.0889. The van der Waals surface area contributed by atoms with Crippen molar-refractivity contribution >= 4 is 51.2 Å². The van der Waals surface area contributed by atoms with Crippen molar-refractivity contribution in [2.45, 2.75) is 24.1 Å². The van der Waals surface area contributed by atoms with Gasteiger partial charge in [-0.15, -0.1) is 11.3 Å². The van der Waals surface area contributed by atoms with Crippen LogP contribution in [0.4, 0.5) is 5.69 Å². The predicted molar refractivity (Wildman–Crippen MR) is 99.6 cm³/mol. The summed E-state index contributed by atoms with van der Waals surface area (Å²) in [6.07, 6.45) is 2.15. The lowest BCUT2D eigenvalue weighted by Gasteiger charge is -2.13. The highest BCUT2D eigenvalue weighted by atomic mass is 32.2. The minimum Gasteiger partial charge on any atom is -0.506 e. The summed E-state index contributed by atoms with van der Waals surface area (Å²) in [6.45, 7) is 3.76. The van der Waals surface area contributed by atoms with Gasteiger partial charge in [0.05, 0.1) is 10.9 Å². The molecule has 1 amide bonds. The average molecular weight is 373 g/mol. The normalized spacial score (nSPS) is 12.1. The highest BCUT2D eigenvalue weighted by Crippen LogP contribution is 2.33. The molecule has 25 heavy (non-hydrogen) atoms. The van der Waals surface area contributed by atoms with Crippen LogP contribution < -0.4 is 5.32 Å². The van der Waals surface area contributed by atoms with Crippen LogP contribution >= 0.6 is 23.1 Å². The van der Waals surface area contributed by atoms with Crippen LogP contribution in [0.3, 0.4) is 0 Å². The van der Waals surface area contributed by atoms with E-state index in [-0.39, 0.29) is 17.3 Å². The molecule has 0 bridgehead atoms. The molecule has 0 fully saturated rings. The molecule has 0 aliphatic carbocycles. The van der Waals surface area contributed by atoms with Gasteiger partial charge in [-0.2, -0.15) is 0 Å². The molecule has 2 heterocycles. The zero-order chi connectivity index (χ0) is 18.0. The van der Waals surface area contributed by atoms with E-state index in [0.29, 0.717) is 11.8 Å². The number of hydrogen-bond acceptors (Lipinski definition) is 7. The quantitative estimate of drug-likeness (QED) is 0.307. The summed E-state index contributed by atoms with van der Waals surface area (Å²) in [5, 5.41) is 13.7. The molecule has 8 heteroatoms. The summed E-state index contributed by atoms with van der Waals surface area (Å²) >= 11 is 2.90. The second kappa shape index (κ2) is 7.20. The second-order valence-electron chi connectivity index (χ2n) is 5.40. The number of fused-ring (bicyclic) bond motifs is 1. The number of aldehydes is 1. The van der Waals surface area contributed by atoms with Crippen LogP contribution in [-0.2, 0) is 4.79 Å². The number of thiophene rings is 1. The molecular weight excluding hydrogens is 358 g/mol. The van der Waals surface area contributed by atoms with Gasteiger partial charge in [0.15, 0.2) is 0 Å². The number of hydrogen-bond donors (Lipinski definition) is 2. The molecule has 1 atom stereocenters. The van der Waals surface area contributed by atoms with E-state index in [2.05, 4.69) is 15.3 Å². The lowest BCUT2D eigenvalue weighted by atomic mass is 10.2. The van der Waals surface area contributed by atoms with E-state index in [1.54, 1.807) is 18.3 Å². The van der Waals surface area contributed by atoms with Crippen LogP contribution in [0.25, 0.3) is 10.2 Å². The number of thioether (sulfide) groups is 1. The molecule has 128 valence electrons. The first kappa shape index (κ1) is 17.4. The number of amides is 1. The predicted octanol–water partition coefficient (Wildman–Crippen LogP) is 3.64. The number of benzene rings is 1. The monoisotopic (exact) mass is 373 g/mol. The smallest absolute Gasteiger partial charge is 0.237 e. The van der Waals surface area contributed by atoms with Crippen molar-refractivity contribution in [1.82, 2.24) is 9.97 Å². The molecule has 0 aliphatic heterocycles. The van der Waals surface area contributed by atoms with Gasteiger partial charge >= 0.3 is 0 Å². The third kappa shape index (κ3) is 3.80. The van der Waals surface area contributed by atoms with Gasteiger partial charge in [0.1, 0.15) is 28.2 Å². The fourth-order valence-corrected chi connectivity index (χ4v) is 4.03. The van der Waals surface area contributed by atoms with Crippen molar-refractivity contribution in [1.29, 1.82) is 0 Å². The summed E-state index contributed by atoms with van der Waals surface area (Å²) in [7, 11) is 0. The van der Waals surface area contributed by atoms with E-state index < -0.39 is 5.25 Å². The van der Waals surface area contributed by atoms with E-state index in [4.69, 9.17) is 0 Å². The summed E-state index contributed by atoms with van der Waals surface area (Å²) in [4.78, 5) is 33.8. The lowest BCUT2D eigenvalue weighted by Crippen LogP contribution is -2.22. The Morgan fingerprint density at radius 2 is 2.16 bits per heavy atom. The summed E-state index contributed by atoms with van der Waals surface area (Å²) in [5.41, 5.74) is 0.584. The third-order valence-corrected chi connectivity index (χ3v) is 5.56. The molecule has 2 aromatic heterocycles. The third-order valence-electron chi connectivity index (χ3n) is 3.49. The Balaban J connectivity index is 1.77. The van der Waals surface area contributed by atoms with Crippen molar-refractivity contribution in [2.24, 2.45) is 0 Å². The Bertz CT molecular complexity index is 955. The minimum atomic E-state index is -0.447. The maximum atomic E-state index is 12.4. The molecule has 0 radical (unpaired) electrons. The number of carbonyl (C=O) groups is 2. The van der Waals surface area contributed by atoms with Gasteiger partial charge in [-0.3, -0.25) is 9.59 Å². The number of carbonyl (C=O) groups excluding carboxylic acids is 2. The number of aromatic nitrogens is 2. The first-order valence-corrected chi connectivity index (χ1v) is 9.14. The number of rotatable bonds is 5. The van der Waals surface area contributed by atoms with Crippen LogP contribution in [0, 0.1) is 6.92 Å². The molecule has 0 saturated carbocycles. The first-order chi connectivity index (χ1) is 12.0.